The SMILES string of the molecule is CC1(NC(=O)c2csc(C#CCN)c2)CCCCC1. The van der Waals surface area contributed by atoms with Gasteiger partial charge in [0.2, 0.25) is 0 Å². The second-order valence-corrected chi connectivity index (χ2v) is 6.19. The molecule has 19 heavy (non-hydrogen) atoms. The maximum Gasteiger partial charge on any atom is 0.252 e. The van der Waals surface area contributed by atoms with Crippen molar-refractivity contribution >= 4 is 17.2 Å². The second kappa shape index (κ2) is 6.23. The molecule has 0 bridgehead atoms. The quantitative estimate of drug-likeness (QED) is 0.816. The van der Waals surface area contributed by atoms with E-state index in [-0.39, 0.29) is 11.4 Å². The van der Waals surface area contributed by atoms with Crippen molar-refractivity contribution in [1.82, 2.24) is 5.32 Å². The monoisotopic (exact) mass is 276 g/mol. The van der Waals surface area contributed by atoms with Crippen LogP contribution in [-0.2, 0) is 0 Å². The first-order valence-electron chi connectivity index (χ1n) is 6.73. The van der Waals surface area contributed by atoms with Gasteiger partial charge in [0.05, 0.1) is 17.0 Å². The van der Waals surface area contributed by atoms with E-state index in [1.165, 1.54) is 30.6 Å². The summed E-state index contributed by atoms with van der Waals surface area (Å²) >= 11 is 1.49. The van der Waals surface area contributed by atoms with Crippen LogP contribution in [0.15, 0.2) is 11.4 Å². The van der Waals surface area contributed by atoms with Gasteiger partial charge in [-0.15, -0.1) is 11.3 Å². The molecule has 102 valence electrons. The van der Waals surface area contributed by atoms with Gasteiger partial charge in [0, 0.05) is 10.9 Å². The molecule has 3 N–H and O–H groups in total. The van der Waals surface area contributed by atoms with Crippen LogP contribution in [0.2, 0.25) is 0 Å². The first kappa shape index (κ1) is 14.1. The zero-order valence-electron chi connectivity index (χ0n) is 11.3. The zero-order valence-corrected chi connectivity index (χ0v) is 12.1. The standard InChI is InChI=1S/C15H20N2OS/c1-15(7-3-2-4-8-15)17-14(18)12-10-13(19-11-12)6-5-9-16/h10-11H,2-4,7-9,16H2,1H3,(H,17,18). The highest BCUT2D eigenvalue weighted by molar-refractivity contribution is 7.10. The van der Waals surface area contributed by atoms with Crippen LogP contribution < -0.4 is 11.1 Å². The van der Waals surface area contributed by atoms with E-state index in [2.05, 4.69) is 24.1 Å². The third-order valence-corrected chi connectivity index (χ3v) is 4.39. The Morgan fingerprint density at radius 2 is 2.21 bits per heavy atom. The summed E-state index contributed by atoms with van der Waals surface area (Å²) in [6.45, 7) is 2.49. The van der Waals surface area contributed by atoms with Gasteiger partial charge >= 0.3 is 0 Å². The summed E-state index contributed by atoms with van der Waals surface area (Å²) in [4.78, 5) is 13.1. The van der Waals surface area contributed by atoms with Crippen molar-refractivity contribution in [2.45, 2.75) is 44.6 Å². The molecule has 3 nitrogen and oxygen atoms in total. The Kier molecular flexibility index (Phi) is 4.62. The minimum atomic E-state index is -0.0413. The molecule has 0 unspecified atom stereocenters. The van der Waals surface area contributed by atoms with E-state index in [0.717, 1.165) is 17.7 Å². The van der Waals surface area contributed by atoms with E-state index in [1.54, 1.807) is 0 Å². The lowest BCUT2D eigenvalue weighted by Crippen LogP contribution is -2.47. The lowest BCUT2D eigenvalue weighted by atomic mass is 9.83. The molecular formula is C15H20N2OS. The average molecular weight is 276 g/mol. The maximum absolute atomic E-state index is 12.2. The summed E-state index contributed by atoms with van der Waals surface area (Å²) in [5, 5.41) is 5.04. The summed E-state index contributed by atoms with van der Waals surface area (Å²) in [5.74, 6) is 5.77. The fraction of sp³-hybridized carbons (Fsp3) is 0.533. The number of nitrogens with one attached hydrogen (secondary N) is 1. The van der Waals surface area contributed by atoms with Crippen molar-refractivity contribution in [1.29, 1.82) is 0 Å². The van der Waals surface area contributed by atoms with Crippen LogP contribution in [0.5, 0.6) is 0 Å². The van der Waals surface area contributed by atoms with Crippen LogP contribution in [0.1, 0.15) is 54.3 Å². The molecule has 0 aliphatic heterocycles. The Morgan fingerprint density at radius 1 is 1.47 bits per heavy atom. The van der Waals surface area contributed by atoms with Gasteiger partial charge in [-0.2, -0.15) is 0 Å². The van der Waals surface area contributed by atoms with Gasteiger partial charge in [0.25, 0.3) is 5.91 Å². The molecule has 1 fully saturated rings. The maximum atomic E-state index is 12.2. The Balaban J connectivity index is 2.01. The summed E-state index contributed by atoms with van der Waals surface area (Å²) in [6, 6.07) is 1.84. The van der Waals surface area contributed by atoms with Crippen molar-refractivity contribution in [2.24, 2.45) is 5.73 Å². The van der Waals surface area contributed by atoms with E-state index in [1.807, 2.05) is 11.4 Å². The molecule has 1 amide bonds. The number of amides is 1. The molecule has 0 spiro atoms. The van der Waals surface area contributed by atoms with Gasteiger partial charge in [0.1, 0.15) is 0 Å². The molecule has 2 rings (SSSR count). The van der Waals surface area contributed by atoms with Gasteiger partial charge in [-0.25, -0.2) is 0 Å². The molecule has 0 saturated heterocycles. The summed E-state index contributed by atoms with van der Waals surface area (Å²) < 4.78 is 0. The molecule has 0 atom stereocenters. The fourth-order valence-electron chi connectivity index (χ4n) is 2.46. The van der Waals surface area contributed by atoms with Gasteiger partial charge in [-0.1, -0.05) is 31.1 Å². The summed E-state index contributed by atoms with van der Waals surface area (Å²) in [5.41, 5.74) is 6.00. The molecule has 1 aliphatic carbocycles. The number of thiophene rings is 1. The Hall–Kier alpha value is -1.31. The van der Waals surface area contributed by atoms with Crippen molar-refractivity contribution in [3.8, 4) is 11.8 Å². The van der Waals surface area contributed by atoms with Crippen molar-refractivity contribution in [3.63, 3.8) is 0 Å². The van der Waals surface area contributed by atoms with Gasteiger partial charge in [0.15, 0.2) is 0 Å². The molecule has 0 aromatic carbocycles. The predicted octanol–water partition coefficient (Wildman–Crippen LogP) is 2.51. The third kappa shape index (κ3) is 3.82. The highest BCUT2D eigenvalue weighted by Gasteiger charge is 2.28. The summed E-state index contributed by atoms with van der Waals surface area (Å²) in [6.07, 6.45) is 5.83. The number of nitrogens with two attached hydrogens (primary N) is 1. The van der Waals surface area contributed by atoms with E-state index in [4.69, 9.17) is 5.73 Å². The fourth-order valence-corrected chi connectivity index (χ4v) is 3.22. The number of hydrogen-bond donors (Lipinski definition) is 2. The van der Waals surface area contributed by atoms with E-state index >= 15 is 0 Å². The molecule has 1 heterocycles. The normalized spacial score (nSPS) is 17.4. The van der Waals surface area contributed by atoms with Crippen LogP contribution in [0.25, 0.3) is 0 Å². The Bertz CT molecular complexity index is 504. The Morgan fingerprint density at radius 3 is 2.89 bits per heavy atom. The summed E-state index contributed by atoms with van der Waals surface area (Å²) in [7, 11) is 0. The molecule has 1 aromatic rings. The number of carbonyl (C=O) groups excluding carboxylic acids is 1. The van der Waals surface area contributed by atoms with Crippen molar-refractivity contribution in [2.75, 3.05) is 6.54 Å². The van der Waals surface area contributed by atoms with Gasteiger partial charge in [-0.3, -0.25) is 4.79 Å². The highest BCUT2D eigenvalue weighted by atomic mass is 32.1. The number of rotatable bonds is 2. The number of carbonyl (C=O) groups is 1. The van der Waals surface area contributed by atoms with Gasteiger partial charge in [-0.05, 0) is 25.8 Å². The molecule has 1 saturated carbocycles. The minimum absolute atomic E-state index is 0.0152. The Labute approximate surface area is 118 Å². The molecular weight excluding hydrogens is 256 g/mol. The van der Waals surface area contributed by atoms with Crippen LogP contribution in [0, 0.1) is 11.8 Å². The van der Waals surface area contributed by atoms with Crippen molar-refractivity contribution < 1.29 is 4.79 Å². The molecule has 1 aromatic heterocycles. The van der Waals surface area contributed by atoms with Crippen LogP contribution >= 0.6 is 11.3 Å². The van der Waals surface area contributed by atoms with Crippen LogP contribution in [-0.4, -0.2) is 18.0 Å². The first-order chi connectivity index (χ1) is 9.13. The lowest BCUT2D eigenvalue weighted by Gasteiger charge is -2.34. The minimum Gasteiger partial charge on any atom is -0.347 e. The van der Waals surface area contributed by atoms with Crippen LogP contribution in [0.4, 0.5) is 0 Å². The first-order valence-corrected chi connectivity index (χ1v) is 7.61. The highest BCUT2D eigenvalue weighted by Crippen LogP contribution is 2.28. The third-order valence-electron chi connectivity index (χ3n) is 3.55. The largest absolute Gasteiger partial charge is 0.347 e. The van der Waals surface area contributed by atoms with Crippen LogP contribution in [0.3, 0.4) is 0 Å². The van der Waals surface area contributed by atoms with Crippen molar-refractivity contribution in [3.05, 3.63) is 21.9 Å². The van der Waals surface area contributed by atoms with E-state index < -0.39 is 0 Å². The lowest BCUT2D eigenvalue weighted by molar-refractivity contribution is 0.0883. The molecule has 1 aliphatic rings. The van der Waals surface area contributed by atoms with E-state index in [0.29, 0.717) is 12.1 Å². The predicted molar refractivity (Wildman–Crippen MR) is 79.2 cm³/mol. The molecule has 4 heteroatoms. The smallest absolute Gasteiger partial charge is 0.252 e. The number of hydrogen-bond acceptors (Lipinski definition) is 3. The van der Waals surface area contributed by atoms with Gasteiger partial charge < -0.3 is 11.1 Å². The zero-order chi connectivity index (χ0) is 13.7. The second-order valence-electron chi connectivity index (χ2n) is 5.28. The van der Waals surface area contributed by atoms with E-state index in [9.17, 15) is 4.79 Å². The molecule has 0 radical (unpaired) electrons. The topological polar surface area (TPSA) is 55.1 Å². The average Bonchev–Trinajstić information content (AvgIpc) is 2.85.